The summed E-state index contributed by atoms with van der Waals surface area (Å²) in [5.41, 5.74) is 1.02. The number of carbonyl (C=O) groups is 2. The molecule has 1 fully saturated rings. The number of aryl methyl sites for hydroxylation is 1. The van der Waals surface area contributed by atoms with Crippen LogP contribution in [0.25, 0.3) is 0 Å². The fourth-order valence-electron chi connectivity index (χ4n) is 2.35. The molecule has 1 aromatic rings. The van der Waals surface area contributed by atoms with Crippen LogP contribution in [0.15, 0.2) is 18.2 Å². The van der Waals surface area contributed by atoms with Gasteiger partial charge < -0.3 is 15.0 Å². The lowest BCUT2D eigenvalue weighted by Crippen LogP contribution is -2.33. The van der Waals surface area contributed by atoms with E-state index in [2.05, 4.69) is 5.32 Å². The van der Waals surface area contributed by atoms with Gasteiger partial charge in [-0.15, -0.1) is 0 Å². The van der Waals surface area contributed by atoms with E-state index >= 15 is 0 Å². The van der Waals surface area contributed by atoms with E-state index in [-0.39, 0.29) is 18.4 Å². The second kappa shape index (κ2) is 8.03. The monoisotopic (exact) mass is 324 g/mol. The first-order chi connectivity index (χ1) is 10.6. The van der Waals surface area contributed by atoms with Gasteiger partial charge in [0.2, 0.25) is 5.91 Å². The van der Waals surface area contributed by atoms with Crippen LogP contribution in [0.2, 0.25) is 5.02 Å². The van der Waals surface area contributed by atoms with Gasteiger partial charge in [-0.1, -0.05) is 17.7 Å². The molecule has 1 aliphatic rings. The van der Waals surface area contributed by atoms with Crippen LogP contribution in [0, 0.1) is 6.92 Å². The quantitative estimate of drug-likeness (QED) is 0.782. The molecule has 0 atom stereocenters. The summed E-state index contributed by atoms with van der Waals surface area (Å²) in [6.45, 7) is 3.94. The summed E-state index contributed by atoms with van der Waals surface area (Å²) in [5.74, 6) is 0.536. The number of halogens is 1. The van der Waals surface area contributed by atoms with Gasteiger partial charge >= 0.3 is 0 Å². The van der Waals surface area contributed by atoms with Crippen LogP contribution in [0.4, 0.5) is 0 Å². The number of hydrogen-bond donors (Lipinski definition) is 1. The Morgan fingerprint density at radius 1 is 1.45 bits per heavy atom. The Balaban J connectivity index is 1.63. The average molecular weight is 325 g/mol. The lowest BCUT2D eigenvalue weighted by Gasteiger charge is -2.15. The second-order valence-corrected chi connectivity index (χ2v) is 5.82. The molecule has 0 saturated carbocycles. The lowest BCUT2D eigenvalue weighted by molar-refractivity contribution is -0.127. The number of nitrogens with zero attached hydrogens (tertiary/aromatic N) is 1. The number of ether oxygens (including phenoxy) is 1. The Hall–Kier alpha value is -1.75. The predicted octanol–water partition coefficient (Wildman–Crippen LogP) is 2.16. The smallest absolute Gasteiger partial charge is 0.257 e. The largest absolute Gasteiger partial charge is 0.482 e. The highest BCUT2D eigenvalue weighted by atomic mass is 35.5. The van der Waals surface area contributed by atoms with Crippen LogP contribution in [0.3, 0.4) is 0 Å². The molecule has 120 valence electrons. The normalized spacial score (nSPS) is 14.3. The molecule has 0 aliphatic carbocycles. The Morgan fingerprint density at radius 3 is 3.00 bits per heavy atom. The number of likely N-dealkylation sites (tertiary alicyclic amines) is 1. The molecule has 0 aromatic heterocycles. The van der Waals surface area contributed by atoms with Gasteiger partial charge in [0.1, 0.15) is 5.75 Å². The first-order valence-electron chi connectivity index (χ1n) is 7.49. The van der Waals surface area contributed by atoms with Gasteiger partial charge in [-0.05, 0) is 37.5 Å². The van der Waals surface area contributed by atoms with Gasteiger partial charge in [-0.3, -0.25) is 9.59 Å². The van der Waals surface area contributed by atoms with E-state index in [0.717, 1.165) is 24.9 Å². The van der Waals surface area contributed by atoms with E-state index in [1.807, 2.05) is 17.9 Å². The van der Waals surface area contributed by atoms with Gasteiger partial charge in [0, 0.05) is 26.1 Å². The standard InChI is InChI=1S/C16H21ClN2O3/c1-12-5-6-13(17)14(10-12)22-11-15(20)18-7-3-9-19-8-2-4-16(19)21/h5-6,10H,2-4,7-9,11H2,1H3,(H,18,20). The summed E-state index contributed by atoms with van der Waals surface area (Å²) in [4.78, 5) is 25.0. The Morgan fingerprint density at radius 2 is 2.27 bits per heavy atom. The van der Waals surface area contributed by atoms with Gasteiger partial charge in [0.05, 0.1) is 5.02 Å². The van der Waals surface area contributed by atoms with E-state index in [4.69, 9.17) is 16.3 Å². The molecule has 5 nitrogen and oxygen atoms in total. The molecule has 2 amide bonds. The zero-order chi connectivity index (χ0) is 15.9. The van der Waals surface area contributed by atoms with Crippen molar-refractivity contribution in [2.24, 2.45) is 0 Å². The van der Waals surface area contributed by atoms with Crippen molar-refractivity contribution in [3.63, 3.8) is 0 Å². The first kappa shape index (κ1) is 16.6. The molecule has 0 unspecified atom stereocenters. The Bertz CT molecular complexity index is 548. The van der Waals surface area contributed by atoms with E-state index in [9.17, 15) is 9.59 Å². The highest BCUT2D eigenvalue weighted by Crippen LogP contribution is 2.24. The van der Waals surface area contributed by atoms with Crippen molar-refractivity contribution in [3.05, 3.63) is 28.8 Å². The van der Waals surface area contributed by atoms with E-state index in [1.165, 1.54) is 0 Å². The summed E-state index contributed by atoms with van der Waals surface area (Å²) in [7, 11) is 0. The van der Waals surface area contributed by atoms with E-state index < -0.39 is 0 Å². The molecular weight excluding hydrogens is 304 g/mol. The number of rotatable bonds is 7. The third-order valence-electron chi connectivity index (χ3n) is 3.54. The van der Waals surface area contributed by atoms with Crippen molar-refractivity contribution in [3.8, 4) is 5.75 Å². The molecule has 1 saturated heterocycles. The topological polar surface area (TPSA) is 58.6 Å². The highest BCUT2D eigenvalue weighted by molar-refractivity contribution is 6.32. The molecule has 6 heteroatoms. The predicted molar refractivity (Wildman–Crippen MR) is 85.1 cm³/mol. The molecule has 22 heavy (non-hydrogen) atoms. The van der Waals surface area contributed by atoms with E-state index in [0.29, 0.717) is 30.3 Å². The molecule has 1 N–H and O–H groups in total. The maximum atomic E-state index is 11.7. The zero-order valence-corrected chi connectivity index (χ0v) is 13.5. The van der Waals surface area contributed by atoms with Crippen LogP contribution in [0.5, 0.6) is 5.75 Å². The van der Waals surface area contributed by atoms with Gasteiger partial charge in [0.15, 0.2) is 6.61 Å². The van der Waals surface area contributed by atoms with Gasteiger partial charge in [-0.2, -0.15) is 0 Å². The minimum atomic E-state index is -0.190. The fraction of sp³-hybridized carbons (Fsp3) is 0.500. The minimum absolute atomic E-state index is 0.0637. The summed E-state index contributed by atoms with van der Waals surface area (Å²) in [5, 5.41) is 3.27. The molecule has 1 heterocycles. The summed E-state index contributed by atoms with van der Waals surface area (Å²) in [6, 6.07) is 5.43. The summed E-state index contributed by atoms with van der Waals surface area (Å²) < 4.78 is 5.42. The van der Waals surface area contributed by atoms with Crippen LogP contribution in [-0.2, 0) is 9.59 Å². The van der Waals surface area contributed by atoms with Crippen LogP contribution >= 0.6 is 11.6 Å². The van der Waals surface area contributed by atoms with Gasteiger partial charge in [-0.25, -0.2) is 0 Å². The van der Waals surface area contributed by atoms with Crippen molar-refractivity contribution >= 4 is 23.4 Å². The lowest BCUT2D eigenvalue weighted by atomic mass is 10.2. The van der Waals surface area contributed by atoms with Crippen molar-refractivity contribution < 1.29 is 14.3 Å². The summed E-state index contributed by atoms with van der Waals surface area (Å²) in [6.07, 6.45) is 2.34. The van der Waals surface area contributed by atoms with Crippen molar-refractivity contribution in [2.75, 3.05) is 26.2 Å². The first-order valence-corrected chi connectivity index (χ1v) is 7.87. The van der Waals surface area contributed by atoms with E-state index in [1.54, 1.807) is 12.1 Å². The van der Waals surface area contributed by atoms with Crippen LogP contribution in [0.1, 0.15) is 24.8 Å². The summed E-state index contributed by atoms with van der Waals surface area (Å²) >= 11 is 6.00. The Labute approximate surface area is 135 Å². The number of hydrogen-bond acceptors (Lipinski definition) is 3. The number of carbonyl (C=O) groups excluding carboxylic acids is 2. The molecule has 0 spiro atoms. The second-order valence-electron chi connectivity index (χ2n) is 5.41. The van der Waals surface area contributed by atoms with Crippen molar-refractivity contribution in [1.29, 1.82) is 0 Å². The maximum Gasteiger partial charge on any atom is 0.257 e. The molecule has 0 radical (unpaired) electrons. The van der Waals surface area contributed by atoms with Gasteiger partial charge in [0.25, 0.3) is 5.91 Å². The average Bonchev–Trinajstić information content (AvgIpc) is 2.90. The van der Waals surface area contributed by atoms with Crippen molar-refractivity contribution in [1.82, 2.24) is 10.2 Å². The van der Waals surface area contributed by atoms with Crippen molar-refractivity contribution in [2.45, 2.75) is 26.2 Å². The minimum Gasteiger partial charge on any atom is -0.482 e. The highest BCUT2D eigenvalue weighted by Gasteiger charge is 2.19. The SMILES string of the molecule is Cc1ccc(Cl)c(OCC(=O)NCCCN2CCCC2=O)c1. The molecule has 1 aromatic carbocycles. The van der Waals surface area contributed by atoms with Crippen LogP contribution in [-0.4, -0.2) is 43.0 Å². The number of benzene rings is 1. The zero-order valence-electron chi connectivity index (χ0n) is 12.7. The number of nitrogens with one attached hydrogen (secondary N) is 1. The molecule has 2 rings (SSSR count). The third kappa shape index (κ3) is 4.91. The third-order valence-corrected chi connectivity index (χ3v) is 3.86. The maximum absolute atomic E-state index is 11.7. The fourth-order valence-corrected chi connectivity index (χ4v) is 2.53. The Kier molecular flexibility index (Phi) is 6.07. The van der Waals surface area contributed by atoms with Crippen LogP contribution < -0.4 is 10.1 Å². The molecular formula is C16H21ClN2O3. The molecule has 1 aliphatic heterocycles. The number of amides is 2. The molecule has 0 bridgehead atoms.